The van der Waals surface area contributed by atoms with Gasteiger partial charge in [-0.2, -0.15) is 0 Å². The molecule has 2 aliphatic rings. The second-order valence-electron chi connectivity index (χ2n) is 6.13. The third-order valence-corrected chi connectivity index (χ3v) is 4.73. The third kappa shape index (κ3) is 3.86. The van der Waals surface area contributed by atoms with Crippen molar-refractivity contribution in [1.82, 2.24) is 10.2 Å². The van der Waals surface area contributed by atoms with E-state index in [1.54, 1.807) is 0 Å². The highest BCUT2D eigenvalue weighted by Gasteiger charge is 2.21. The average Bonchev–Trinajstić information content (AvgIpc) is 2.54. The molecule has 0 atom stereocenters. The number of nitrogens with zero attached hydrogens (tertiary/aromatic N) is 1. The van der Waals surface area contributed by atoms with E-state index in [9.17, 15) is 0 Å². The first-order chi connectivity index (χ1) is 10.8. The summed E-state index contributed by atoms with van der Waals surface area (Å²) in [6.45, 7) is 8.80. The minimum absolute atomic E-state index is 0.575. The fourth-order valence-corrected chi connectivity index (χ4v) is 3.50. The quantitative estimate of drug-likeness (QED) is 0.903. The highest BCUT2D eigenvalue weighted by molar-refractivity contribution is 6.32. The lowest BCUT2D eigenvalue weighted by molar-refractivity contribution is 0.167. The summed E-state index contributed by atoms with van der Waals surface area (Å²) < 4.78 is 11.2. The van der Waals surface area contributed by atoms with Gasteiger partial charge in [-0.05, 0) is 62.6 Å². The molecule has 5 heteroatoms. The Hall–Kier alpha value is -0.970. The molecule has 1 aromatic carbocycles. The van der Waals surface area contributed by atoms with Crippen molar-refractivity contribution in [3.8, 4) is 11.5 Å². The molecular weight excluding hydrogens is 300 g/mol. The summed E-state index contributed by atoms with van der Waals surface area (Å²) in [5.74, 6) is 2.30. The Morgan fingerprint density at radius 1 is 1.23 bits per heavy atom. The van der Waals surface area contributed by atoms with Crippen LogP contribution in [0.3, 0.4) is 0 Å². The van der Waals surface area contributed by atoms with Crippen LogP contribution in [0.4, 0.5) is 0 Å². The molecule has 1 fully saturated rings. The lowest BCUT2D eigenvalue weighted by atomic mass is 9.96. The number of ether oxygens (including phenoxy) is 2. The number of rotatable bonds is 5. The normalized spacial score (nSPS) is 19.4. The van der Waals surface area contributed by atoms with Crippen LogP contribution in [0.25, 0.3) is 0 Å². The molecule has 122 valence electrons. The summed E-state index contributed by atoms with van der Waals surface area (Å²) in [7, 11) is 0. The highest BCUT2D eigenvalue weighted by Crippen LogP contribution is 2.38. The largest absolute Gasteiger partial charge is 0.486 e. The Kier molecular flexibility index (Phi) is 5.45. The summed E-state index contributed by atoms with van der Waals surface area (Å²) in [6, 6.07) is 4.09. The highest BCUT2D eigenvalue weighted by atomic mass is 35.5. The number of hydrogen-bond donors (Lipinski definition) is 1. The number of halogens is 1. The lowest BCUT2D eigenvalue weighted by Crippen LogP contribution is -2.36. The van der Waals surface area contributed by atoms with Gasteiger partial charge in [-0.15, -0.1) is 0 Å². The Balaban J connectivity index is 1.57. The molecule has 0 saturated carbocycles. The van der Waals surface area contributed by atoms with Gasteiger partial charge in [-0.1, -0.05) is 18.5 Å². The summed E-state index contributed by atoms with van der Waals surface area (Å²) in [6.07, 6.45) is 2.54. The molecule has 0 spiro atoms. The third-order valence-electron chi connectivity index (χ3n) is 4.45. The Labute approximate surface area is 137 Å². The SMILES string of the molecule is CCNCC1CCN(Cc2cc(Cl)c3c(c2)OCCO3)CC1. The molecule has 2 aliphatic heterocycles. The fourth-order valence-electron chi connectivity index (χ4n) is 3.21. The molecule has 0 aliphatic carbocycles. The van der Waals surface area contributed by atoms with Crippen LogP contribution in [0.15, 0.2) is 12.1 Å². The van der Waals surface area contributed by atoms with E-state index < -0.39 is 0 Å². The summed E-state index contributed by atoms with van der Waals surface area (Å²) in [5.41, 5.74) is 1.21. The maximum Gasteiger partial charge on any atom is 0.179 e. The van der Waals surface area contributed by atoms with Crippen LogP contribution < -0.4 is 14.8 Å². The number of likely N-dealkylation sites (tertiary alicyclic amines) is 1. The summed E-state index contributed by atoms with van der Waals surface area (Å²) >= 11 is 6.31. The monoisotopic (exact) mass is 324 g/mol. The van der Waals surface area contributed by atoms with Crippen LogP contribution in [0.1, 0.15) is 25.3 Å². The van der Waals surface area contributed by atoms with Gasteiger partial charge in [0.2, 0.25) is 0 Å². The number of nitrogens with one attached hydrogen (secondary N) is 1. The standard InChI is InChI=1S/C17H25ClN2O2/c1-2-19-11-13-3-5-20(6-4-13)12-14-9-15(18)17-16(10-14)21-7-8-22-17/h9-10,13,19H,2-8,11-12H2,1H3. The molecule has 0 amide bonds. The smallest absolute Gasteiger partial charge is 0.179 e. The topological polar surface area (TPSA) is 33.7 Å². The van der Waals surface area contributed by atoms with Crippen molar-refractivity contribution in [1.29, 1.82) is 0 Å². The van der Waals surface area contributed by atoms with Gasteiger partial charge in [-0.3, -0.25) is 4.90 Å². The molecule has 0 radical (unpaired) electrons. The van der Waals surface area contributed by atoms with E-state index in [2.05, 4.69) is 23.2 Å². The summed E-state index contributed by atoms with van der Waals surface area (Å²) in [5, 5.41) is 4.12. The molecule has 3 rings (SSSR count). The number of fused-ring (bicyclic) bond motifs is 1. The maximum absolute atomic E-state index is 6.31. The van der Waals surface area contributed by atoms with E-state index in [0.29, 0.717) is 24.0 Å². The van der Waals surface area contributed by atoms with E-state index in [-0.39, 0.29) is 0 Å². The van der Waals surface area contributed by atoms with Gasteiger partial charge in [0.25, 0.3) is 0 Å². The fraction of sp³-hybridized carbons (Fsp3) is 0.647. The van der Waals surface area contributed by atoms with E-state index in [1.807, 2.05) is 6.07 Å². The number of benzene rings is 1. The molecular formula is C17H25ClN2O2. The second-order valence-corrected chi connectivity index (χ2v) is 6.54. The Bertz CT molecular complexity index is 502. The van der Waals surface area contributed by atoms with Crippen molar-refractivity contribution in [3.05, 3.63) is 22.7 Å². The Morgan fingerprint density at radius 2 is 2.00 bits per heavy atom. The van der Waals surface area contributed by atoms with E-state index >= 15 is 0 Å². The molecule has 1 aromatic rings. The zero-order valence-electron chi connectivity index (χ0n) is 13.2. The summed E-state index contributed by atoms with van der Waals surface area (Å²) in [4.78, 5) is 2.50. The molecule has 22 heavy (non-hydrogen) atoms. The maximum atomic E-state index is 6.31. The predicted molar refractivity (Wildman–Crippen MR) is 89.0 cm³/mol. The van der Waals surface area contributed by atoms with Crippen LogP contribution in [0.2, 0.25) is 5.02 Å². The van der Waals surface area contributed by atoms with Gasteiger partial charge >= 0.3 is 0 Å². The van der Waals surface area contributed by atoms with Crippen molar-refractivity contribution in [3.63, 3.8) is 0 Å². The zero-order chi connectivity index (χ0) is 15.4. The van der Waals surface area contributed by atoms with E-state index in [1.165, 1.54) is 18.4 Å². The van der Waals surface area contributed by atoms with E-state index in [0.717, 1.165) is 44.4 Å². The molecule has 0 aromatic heterocycles. The molecule has 1 saturated heterocycles. The first-order valence-corrected chi connectivity index (χ1v) is 8.65. The van der Waals surface area contributed by atoms with Crippen molar-refractivity contribution >= 4 is 11.6 Å². The minimum Gasteiger partial charge on any atom is -0.486 e. The van der Waals surface area contributed by atoms with Crippen molar-refractivity contribution < 1.29 is 9.47 Å². The van der Waals surface area contributed by atoms with Gasteiger partial charge in [-0.25, -0.2) is 0 Å². The molecule has 2 heterocycles. The average molecular weight is 325 g/mol. The zero-order valence-corrected chi connectivity index (χ0v) is 14.0. The number of piperidine rings is 1. The second kappa shape index (κ2) is 7.53. The van der Waals surface area contributed by atoms with Crippen molar-refractivity contribution in [2.45, 2.75) is 26.3 Å². The minimum atomic E-state index is 0.575. The Morgan fingerprint density at radius 3 is 2.77 bits per heavy atom. The van der Waals surface area contributed by atoms with Crippen LogP contribution in [0.5, 0.6) is 11.5 Å². The van der Waals surface area contributed by atoms with E-state index in [4.69, 9.17) is 21.1 Å². The van der Waals surface area contributed by atoms with Crippen LogP contribution in [0, 0.1) is 5.92 Å². The molecule has 1 N–H and O–H groups in total. The first kappa shape index (κ1) is 15.9. The number of hydrogen-bond acceptors (Lipinski definition) is 4. The molecule has 4 nitrogen and oxygen atoms in total. The molecule has 0 unspecified atom stereocenters. The van der Waals surface area contributed by atoms with Gasteiger partial charge in [0, 0.05) is 6.54 Å². The van der Waals surface area contributed by atoms with Gasteiger partial charge in [0.1, 0.15) is 13.2 Å². The predicted octanol–water partition coefficient (Wildman–Crippen LogP) is 2.93. The molecule has 0 bridgehead atoms. The van der Waals surface area contributed by atoms with Gasteiger partial charge in [0.05, 0.1) is 5.02 Å². The lowest BCUT2D eigenvalue weighted by Gasteiger charge is -2.32. The van der Waals surface area contributed by atoms with Crippen molar-refractivity contribution in [2.24, 2.45) is 5.92 Å². The van der Waals surface area contributed by atoms with Crippen LogP contribution >= 0.6 is 11.6 Å². The van der Waals surface area contributed by atoms with Crippen molar-refractivity contribution in [2.75, 3.05) is 39.4 Å². The first-order valence-electron chi connectivity index (χ1n) is 8.27. The van der Waals surface area contributed by atoms with Crippen LogP contribution in [-0.2, 0) is 6.54 Å². The van der Waals surface area contributed by atoms with Gasteiger partial charge < -0.3 is 14.8 Å². The van der Waals surface area contributed by atoms with Gasteiger partial charge in [0.15, 0.2) is 11.5 Å². The van der Waals surface area contributed by atoms with Crippen LogP contribution in [-0.4, -0.2) is 44.3 Å².